The molecule has 1 fully saturated rings. The molecule has 1 saturated heterocycles. The van der Waals surface area contributed by atoms with Gasteiger partial charge in [-0.2, -0.15) is 4.98 Å². The number of rotatable bonds is 2. The number of benzene rings is 1. The van der Waals surface area contributed by atoms with Gasteiger partial charge in [0.15, 0.2) is 5.82 Å². The van der Waals surface area contributed by atoms with E-state index < -0.39 is 0 Å². The number of morpholine rings is 1. The Kier molecular flexibility index (Phi) is 3.27. The van der Waals surface area contributed by atoms with Crippen molar-refractivity contribution in [3.8, 4) is 11.5 Å². The van der Waals surface area contributed by atoms with Crippen LogP contribution >= 0.6 is 0 Å². The Morgan fingerprint density at radius 1 is 1.37 bits per heavy atom. The van der Waals surface area contributed by atoms with E-state index in [0.717, 1.165) is 12.1 Å². The lowest BCUT2D eigenvalue weighted by atomic mass is 10.1. The van der Waals surface area contributed by atoms with E-state index in [1.54, 1.807) is 0 Å². The summed E-state index contributed by atoms with van der Waals surface area (Å²) >= 11 is 0. The van der Waals surface area contributed by atoms with E-state index in [0.29, 0.717) is 30.5 Å². The molecular formula is C13H14FN3O2. The average Bonchev–Trinajstić information content (AvgIpc) is 2.88. The summed E-state index contributed by atoms with van der Waals surface area (Å²) in [6.45, 7) is 3.78. The lowest BCUT2D eigenvalue weighted by Gasteiger charge is -2.20. The van der Waals surface area contributed by atoms with Crippen molar-refractivity contribution in [3.05, 3.63) is 35.4 Å². The van der Waals surface area contributed by atoms with Gasteiger partial charge < -0.3 is 14.6 Å². The first-order valence-electron chi connectivity index (χ1n) is 6.15. The van der Waals surface area contributed by atoms with Crippen LogP contribution in [0.2, 0.25) is 0 Å². The Hall–Kier alpha value is -1.79. The molecule has 0 spiro atoms. The Morgan fingerprint density at radius 3 is 3.00 bits per heavy atom. The first-order valence-corrected chi connectivity index (χ1v) is 6.15. The monoisotopic (exact) mass is 263 g/mol. The van der Waals surface area contributed by atoms with Gasteiger partial charge in [0, 0.05) is 12.1 Å². The Morgan fingerprint density at radius 2 is 2.26 bits per heavy atom. The van der Waals surface area contributed by atoms with Crippen LogP contribution in [-0.4, -0.2) is 29.9 Å². The number of nitrogens with one attached hydrogen (secondary N) is 1. The minimum atomic E-state index is -0.311. The fourth-order valence-electron chi connectivity index (χ4n) is 2.08. The van der Waals surface area contributed by atoms with Crippen LogP contribution in [0.3, 0.4) is 0 Å². The van der Waals surface area contributed by atoms with E-state index in [9.17, 15) is 4.39 Å². The first-order chi connectivity index (χ1) is 9.22. The van der Waals surface area contributed by atoms with Crippen LogP contribution in [0.5, 0.6) is 0 Å². The first kappa shape index (κ1) is 12.3. The molecule has 0 bridgehead atoms. The van der Waals surface area contributed by atoms with Crippen LogP contribution in [0.4, 0.5) is 4.39 Å². The molecule has 2 heterocycles. The molecule has 1 unspecified atom stereocenters. The van der Waals surface area contributed by atoms with E-state index in [4.69, 9.17) is 9.26 Å². The highest BCUT2D eigenvalue weighted by atomic mass is 19.1. The minimum absolute atomic E-state index is 0.0686. The summed E-state index contributed by atoms with van der Waals surface area (Å²) in [5.74, 6) is 0.551. The van der Waals surface area contributed by atoms with Gasteiger partial charge in [0.05, 0.1) is 19.3 Å². The standard InChI is InChI=1S/C13H14FN3O2/c1-8-4-9(6-10(14)5-8)13-16-12(17-19-13)11-7-18-3-2-15-11/h4-6,11,15H,2-3,7H2,1H3. The van der Waals surface area contributed by atoms with Crippen LogP contribution < -0.4 is 5.32 Å². The molecule has 0 aliphatic carbocycles. The number of hydrogen-bond acceptors (Lipinski definition) is 5. The summed E-state index contributed by atoms with van der Waals surface area (Å²) in [7, 11) is 0. The van der Waals surface area contributed by atoms with Crippen LogP contribution in [0, 0.1) is 12.7 Å². The Bertz CT molecular complexity index is 559. The maximum Gasteiger partial charge on any atom is 0.258 e. The van der Waals surface area contributed by atoms with E-state index >= 15 is 0 Å². The fourth-order valence-corrected chi connectivity index (χ4v) is 2.08. The number of hydrogen-bond donors (Lipinski definition) is 1. The Labute approximate surface area is 109 Å². The molecule has 0 saturated carbocycles. The maximum absolute atomic E-state index is 13.4. The number of aromatic nitrogens is 2. The van der Waals surface area contributed by atoms with Gasteiger partial charge in [0.2, 0.25) is 0 Å². The highest BCUT2D eigenvalue weighted by Gasteiger charge is 2.21. The predicted molar refractivity (Wildman–Crippen MR) is 66.0 cm³/mol. The van der Waals surface area contributed by atoms with Crippen molar-refractivity contribution in [1.82, 2.24) is 15.5 Å². The molecule has 5 nitrogen and oxygen atoms in total. The fraction of sp³-hybridized carbons (Fsp3) is 0.385. The van der Waals surface area contributed by atoms with Gasteiger partial charge in [0.25, 0.3) is 5.89 Å². The van der Waals surface area contributed by atoms with Crippen LogP contribution in [-0.2, 0) is 4.74 Å². The molecule has 1 aromatic carbocycles. The van der Waals surface area contributed by atoms with E-state index in [1.165, 1.54) is 12.1 Å². The summed E-state index contributed by atoms with van der Waals surface area (Å²) in [5, 5.41) is 7.16. The zero-order chi connectivity index (χ0) is 13.2. The molecule has 1 aliphatic rings. The lowest BCUT2D eigenvalue weighted by Crippen LogP contribution is -2.35. The topological polar surface area (TPSA) is 60.2 Å². The van der Waals surface area contributed by atoms with E-state index in [2.05, 4.69) is 15.5 Å². The van der Waals surface area contributed by atoms with Crippen molar-refractivity contribution in [2.75, 3.05) is 19.8 Å². The third-order valence-electron chi connectivity index (χ3n) is 2.96. The molecule has 6 heteroatoms. The van der Waals surface area contributed by atoms with Gasteiger partial charge >= 0.3 is 0 Å². The summed E-state index contributed by atoms with van der Waals surface area (Å²) in [5.41, 5.74) is 1.40. The summed E-state index contributed by atoms with van der Waals surface area (Å²) in [6.07, 6.45) is 0. The molecule has 3 rings (SSSR count). The van der Waals surface area contributed by atoms with Crippen molar-refractivity contribution in [2.24, 2.45) is 0 Å². The minimum Gasteiger partial charge on any atom is -0.378 e. The number of halogens is 1. The van der Waals surface area contributed by atoms with Crippen molar-refractivity contribution < 1.29 is 13.7 Å². The molecule has 1 aromatic heterocycles. The highest BCUT2D eigenvalue weighted by molar-refractivity contribution is 5.54. The van der Waals surface area contributed by atoms with Gasteiger partial charge in [-0.25, -0.2) is 4.39 Å². The normalized spacial score (nSPS) is 19.6. The predicted octanol–water partition coefficient (Wildman–Crippen LogP) is 1.85. The molecule has 1 N–H and O–H groups in total. The third kappa shape index (κ3) is 2.64. The molecule has 1 atom stereocenters. The van der Waals surface area contributed by atoms with Gasteiger partial charge in [-0.15, -0.1) is 0 Å². The second-order valence-corrected chi connectivity index (χ2v) is 4.56. The molecule has 100 valence electrons. The number of nitrogens with zero attached hydrogens (tertiary/aromatic N) is 2. The second-order valence-electron chi connectivity index (χ2n) is 4.56. The number of aryl methyl sites for hydroxylation is 1. The van der Waals surface area contributed by atoms with Gasteiger partial charge in [-0.05, 0) is 30.7 Å². The van der Waals surface area contributed by atoms with Gasteiger partial charge in [-0.1, -0.05) is 5.16 Å². The molecule has 0 amide bonds. The zero-order valence-corrected chi connectivity index (χ0v) is 10.5. The summed E-state index contributed by atoms with van der Waals surface area (Å²) in [4.78, 5) is 4.30. The SMILES string of the molecule is Cc1cc(F)cc(-c2nc(C3COCCN3)no2)c1. The molecule has 1 aliphatic heterocycles. The summed E-state index contributed by atoms with van der Waals surface area (Å²) in [6, 6.07) is 4.58. The largest absolute Gasteiger partial charge is 0.378 e. The second kappa shape index (κ2) is 5.07. The highest BCUT2D eigenvalue weighted by Crippen LogP contribution is 2.22. The quantitative estimate of drug-likeness (QED) is 0.896. The van der Waals surface area contributed by atoms with Crippen LogP contribution in [0.15, 0.2) is 22.7 Å². The summed E-state index contributed by atoms with van der Waals surface area (Å²) < 4.78 is 23.9. The smallest absolute Gasteiger partial charge is 0.258 e. The molecule has 19 heavy (non-hydrogen) atoms. The van der Waals surface area contributed by atoms with Crippen molar-refractivity contribution in [3.63, 3.8) is 0 Å². The third-order valence-corrected chi connectivity index (χ3v) is 2.96. The molecule has 0 radical (unpaired) electrons. The molecular weight excluding hydrogens is 249 g/mol. The zero-order valence-electron chi connectivity index (χ0n) is 10.5. The Balaban J connectivity index is 1.87. The van der Waals surface area contributed by atoms with E-state index in [-0.39, 0.29) is 11.9 Å². The van der Waals surface area contributed by atoms with Crippen LogP contribution in [0.25, 0.3) is 11.5 Å². The van der Waals surface area contributed by atoms with Gasteiger partial charge in [-0.3, -0.25) is 0 Å². The molecule has 2 aromatic rings. The lowest BCUT2D eigenvalue weighted by molar-refractivity contribution is 0.0734. The van der Waals surface area contributed by atoms with Crippen molar-refractivity contribution in [1.29, 1.82) is 0 Å². The maximum atomic E-state index is 13.4. The average molecular weight is 263 g/mol. The van der Waals surface area contributed by atoms with Crippen LogP contribution in [0.1, 0.15) is 17.4 Å². The van der Waals surface area contributed by atoms with E-state index in [1.807, 2.05) is 13.0 Å². The van der Waals surface area contributed by atoms with Crippen molar-refractivity contribution in [2.45, 2.75) is 13.0 Å². The number of ether oxygens (including phenoxy) is 1. The van der Waals surface area contributed by atoms with Gasteiger partial charge in [0.1, 0.15) is 5.82 Å². The van der Waals surface area contributed by atoms with Crippen molar-refractivity contribution >= 4 is 0 Å².